The molecule has 1 saturated heterocycles. The first-order valence-electron chi connectivity index (χ1n) is 11.5. The summed E-state index contributed by atoms with van der Waals surface area (Å²) in [6, 6.07) is 7.32. The van der Waals surface area contributed by atoms with E-state index in [0.29, 0.717) is 48.9 Å². The van der Waals surface area contributed by atoms with Gasteiger partial charge in [0.25, 0.3) is 0 Å². The van der Waals surface area contributed by atoms with Crippen LogP contribution in [0.25, 0.3) is 11.4 Å². The average molecular weight is 506 g/mol. The van der Waals surface area contributed by atoms with Crippen LogP contribution in [-0.4, -0.2) is 77.7 Å². The van der Waals surface area contributed by atoms with Crippen LogP contribution in [0.4, 0.5) is 25.1 Å². The third kappa shape index (κ3) is 5.99. The van der Waals surface area contributed by atoms with E-state index in [9.17, 15) is 13.2 Å². The fourth-order valence-corrected chi connectivity index (χ4v) is 4.12. The molecule has 7 nitrogen and oxygen atoms in total. The lowest BCUT2D eigenvalue weighted by Crippen LogP contribution is -2.50. The molecule has 1 atom stereocenters. The summed E-state index contributed by atoms with van der Waals surface area (Å²) in [5, 5.41) is 0.627. The normalized spacial score (nSPS) is 19.0. The molecule has 2 aliphatic rings. The highest BCUT2D eigenvalue weighted by atomic mass is 35.5. The summed E-state index contributed by atoms with van der Waals surface area (Å²) in [4.78, 5) is 24.4. The van der Waals surface area contributed by atoms with E-state index in [1.54, 1.807) is 12.1 Å². The van der Waals surface area contributed by atoms with Crippen molar-refractivity contribution in [1.82, 2.24) is 19.9 Å². The molecule has 11 heteroatoms. The minimum absolute atomic E-state index is 0.520. The number of alkyl halides is 3. The lowest BCUT2D eigenvalue weighted by molar-refractivity contribution is -0.0887. The number of hydrogen-bond donors (Lipinski definition) is 0. The quantitative estimate of drug-likeness (QED) is 0.571. The van der Waals surface area contributed by atoms with Gasteiger partial charge in [0.1, 0.15) is 6.17 Å². The van der Waals surface area contributed by atoms with Crippen LogP contribution < -0.4 is 9.80 Å². The Kier molecular flexibility index (Phi) is 7.71. The first-order valence-corrected chi connectivity index (χ1v) is 11.9. The highest BCUT2D eigenvalue weighted by molar-refractivity contribution is 6.30. The molecule has 0 saturated carbocycles. The topological polar surface area (TPSA) is 60.8 Å². The summed E-state index contributed by atoms with van der Waals surface area (Å²) in [5.74, 6) is 1.68. The van der Waals surface area contributed by atoms with Crippen LogP contribution in [0, 0.1) is 0 Å². The van der Waals surface area contributed by atoms with Gasteiger partial charge in [0, 0.05) is 56.1 Å². The minimum Gasteiger partial charge on any atom is -0.341 e. The lowest BCUT2D eigenvalue weighted by Gasteiger charge is -2.37. The van der Waals surface area contributed by atoms with E-state index in [4.69, 9.17) is 21.6 Å². The molecule has 1 aromatic heterocycles. The molecular weight excluding hydrogens is 479 g/mol. The zero-order chi connectivity index (χ0) is 25.0. The second-order valence-corrected chi connectivity index (χ2v) is 8.59. The zero-order valence-corrected chi connectivity index (χ0v) is 20.3. The summed E-state index contributed by atoms with van der Waals surface area (Å²) in [7, 11) is 0. The van der Waals surface area contributed by atoms with Crippen LogP contribution in [0.5, 0.6) is 0 Å². The molecule has 0 amide bonds. The Morgan fingerprint density at radius 2 is 1.69 bits per heavy atom. The number of allylic oxidation sites excluding steroid dienone is 3. The number of halogens is 4. The summed E-state index contributed by atoms with van der Waals surface area (Å²) < 4.78 is 39.8. The summed E-state index contributed by atoms with van der Waals surface area (Å²) in [6.45, 7) is 7.72. The molecule has 2 aliphatic heterocycles. The molecule has 35 heavy (non-hydrogen) atoms. The molecule has 0 bridgehead atoms. The van der Waals surface area contributed by atoms with Gasteiger partial charge in [-0.15, -0.1) is 0 Å². The molecular formula is C24H27ClF3N7. The number of piperazine rings is 1. The van der Waals surface area contributed by atoms with Crippen LogP contribution >= 0.6 is 11.6 Å². The van der Waals surface area contributed by atoms with Gasteiger partial charge < -0.3 is 9.80 Å². The van der Waals surface area contributed by atoms with Gasteiger partial charge >= 0.3 is 6.18 Å². The van der Waals surface area contributed by atoms with E-state index in [1.807, 2.05) is 35.8 Å². The van der Waals surface area contributed by atoms with Crippen molar-refractivity contribution in [2.75, 3.05) is 49.1 Å². The molecule has 1 aromatic carbocycles. The van der Waals surface area contributed by atoms with Crippen LogP contribution in [-0.2, 0) is 0 Å². The van der Waals surface area contributed by atoms with Gasteiger partial charge in [-0.05, 0) is 56.3 Å². The maximum Gasteiger partial charge on any atom is 0.416 e. The number of nitrogens with zero attached hydrogens (tertiary/aromatic N) is 7. The number of aliphatic imine (C=N–C) groups is 1. The van der Waals surface area contributed by atoms with Crippen LogP contribution in [0.2, 0.25) is 5.02 Å². The second-order valence-electron chi connectivity index (χ2n) is 8.15. The first kappa shape index (κ1) is 25.1. The Morgan fingerprint density at radius 3 is 2.31 bits per heavy atom. The van der Waals surface area contributed by atoms with E-state index in [2.05, 4.69) is 14.9 Å². The fraction of sp³-hybridized carbons (Fsp3) is 0.417. The van der Waals surface area contributed by atoms with Crippen molar-refractivity contribution in [3.63, 3.8) is 0 Å². The maximum atomic E-state index is 13.3. The van der Waals surface area contributed by atoms with Crippen LogP contribution in [0.15, 0.2) is 53.1 Å². The number of anilines is 2. The number of rotatable bonds is 6. The highest BCUT2D eigenvalue weighted by Gasteiger charge is 2.34. The molecule has 1 unspecified atom stereocenters. The first-order chi connectivity index (χ1) is 16.8. The molecule has 2 aromatic rings. The standard InChI is InChI=1S/C24H27ClF3N7/c1-3-33(4-2)22-30-21(17-7-9-19(25)10-8-17)31-23(32-22)35-14-12-34(13-15-35)20-16-18(24(26,27)28)6-5-11-29-20/h5-11,16,20H,3-4,12-15H2,1-2H3. The van der Waals surface area contributed by atoms with Crippen molar-refractivity contribution >= 4 is 29.7 Å². The van der Waals surface area contributed by atoms with E-state index >= 15 is 0 Å². The SMILES string of the molecule is CCN(CC)c1nc(-c2ccc(Cl)cc2)nc(N2CCN(C3C=C(C(F)(F)F)C=CC=N3)CC2)n1. The largest absolute Gasteiger partial charge is 0.416 e. The molecule has 0 radical (unpaired) electrons. The van der Waals surface area contributed by atoms with E-state index in [-0.39, 0.29) is 0 Å². The number of hydrogen-bond acceptors (Lipinski definition) is 7. The third-order valence-corrected chi connectivity index (χ3v) is 6.24. The summed E-state index contributed by atoms with van der Waals surface area (Å²) in [5.41, 5.74) is 0.145. The molecule has 3 heterocycles. The van der Waals surface area contributed by atoms with E-state index in [0.717, 1.165) is 24.7 Å². The number of aromatic nitrogens is 3. The minimum atomic E-state index is -4.41. The van der Waals surface area contributed by atoms with Crippen molar-refractivity contribution in [3.8, 4) is 11.4 Å². The van der Waals surface area contributed by atoms with Crippen LogP contribution in [0.1, 0.15) is 13.8 Å². The Morgan fingerprint density at radius 1 is 1.00 bits per heavy atom. The van der Waals surface area contributed by atoms with Crippen molar-refractivity contribution in [1.29, 1.82) is 0 Å². The molecule has 4 rings (SSSR count). The Bertz CT molecular complexity index is 1100. The van der Waals surface area contributed by atoms with Gasteiger partial charge in [0.15, 0.2) is 5.82 Å². The Hall–Kier alpha value is -2.98. The summed E-state index contributed by atoms with van der Waals surface area (Å²) in [6.07, 6.45) is -0.0973. The van der Waals surface area contributed by atoms with Crippen molar-refractivity contribution in [2.45, 2.75) is 26.2 Å². The van der Waals surface area contributed by atoms with Gasteiger partial charge in [0.2, 0.25) is 11.9 Å². The predicted octanol–water partition coefficient (Wildman–Crippen LogP) is 4.62. The van der Waals surface area contributed by atoms with Gasteiger partial charge in [-0.1, -0.05) is 11.6 Å². The average Bonchev–Trinajstić information content (AvgIpc) is 3.12. The van der Waals surface area contributed by atoms with Crippen LogP contribution in [0.3, 0.4) is 0 Å². The number of benzene rings is 1. The Labute approximate surface area is 207 Å². The molecule has 0 spiro atoms. The van der Waals surface area contributed by atoms with Gasteiger partial charge in [0.05, 0.1) is 5.57 Å². The zero-order valence-electron chi connectivity index (χ0n) is 19.6. The lowest BCUT2D eigenvalue weighted by atomic mass is 10.2. The van der Waals surface area contributed by atoms with Crippen molar-refractivity contribution in [3.05, 3.63) is 53.1 Å². The van der Waals surface area contributed by atoms with Crippen molar-refractivity contribution < 1.29 is 13.2 Å². The third-order valence-electron chi connectivity index (χ3n) is 5.99. The monoisotopic (exact) mass is 505 g/mol. The summed E-state index contributed by atoms with van der Waals surface area (Å²) >= 11 is 6.05. The maximum absolute atomic E-state index is 13.3. The van der Waals surface area contributed by atoms with Gasteiger partial charge in [-0.2, -0.15) is 28.1 Å². The molecule has 186 valence electrons. The predicted molar refractivity (Wildman–Crippen MR) is 133 cm³/mol. The Balaban J connectivity index is 1.56. The smallest absolute Gasteiger partial charge is 0.341 e. The molecule has 0 aliphatic carbocycles. The van der Waals surface area contributed by atoms with Gasteiger partial charge in [-0.3, -0.25) is 9.89 Å². The van der Waals surface area contributed by atoms with Gasteiger partial charge in [-0.25, -0.2) is 0 Å². The second kappa shape index (κ2) is 10.7. The highest BCUT2D eigenvalue weighted by Crippen LogP contribution is 2.29. The van der Waals surface area contributed by atoms with E-state index in [1.165, 1.54) is 18.4 Å². The molecule has 0 N–H and O–H groups in total. The molecule has 1 fully saturated rings. The fourth-order valence-electron chi connectivity index (χ4n) is 3.99. The van der Waals surface area contributed by atoms with Crippen molar-refractivity contribution in [2.24, 2.45) is 4.99 Å². The van der Waals surface area contributed by atoms with E-state index < -0.39 is 17.9 Å².